The third-order valence-electron chi connectivity index (χ3n) is 9.15. The van der Waals surface area contributed by atoms with E-state index in [-0.39, 0.29) is 12.2 Å². The normalized spacial score (nSPS) is 19.2. The number of hydrogen-bond donors (Lipinski definition) is 0. The van der Waals surface area contributed by atoms with E-state index >= 15 is 0 Å². The monoisotopic (exact) mass is 562 g/mol. The highest BCUT2D eigenvalue weighted by Crippen LogP contribution is 2.60. The van der Waals surface area contributed by atoms with Gasteiger partial charge >= 0.3 is 0 Å². The summed E-state index contributed by atoms with van der Waals surface area (Å²) in [6, 6.07) is 44.1. The zero-order valence-electron chi connectivity index (χ0n) is 23.7. The van der Waals surface area contributed by atoms with Crippen LogP contribution in [-0.4, -0.2) is 38.6 Å². The van der Waals surface area contributed by atoms with Gasteiger partial charge in [-0.25, -0.2) is 0 Å². The number of ether oxygens (including phenoxy) is 4. The van der Waals surface area contributed by atoms with E-state index in [9.17, 15) is 0 Å². The van der Waals surface area contributed by atoms with E-state index in [1.54, 1.807) is 0 Å². The smallest absolute Gasteiger partial charge is 0.119 e. The summed E-state index contributed by atoms with van der Waals surface area (Å²) in [7, 11) is 0. The molecule has 0 aromatic heterocycles. The molecule has 6 aromatic rings. The van der Waals surface area contributed by atoms with Crippen molar-refractivity contribution in [3.63, 3.8) is 0 Å². The molecule has 0 N–H and O–H groups in total. The van der Waals surface area contributed by atoms with Crippen molar-refractivity contribution in [1.29, 1.82) is 0 Å². The molecule has 2 fully saturated rings. The SMILES string of the molecule is c1ccc2c3c(ccc2c1)-c1ccc2ccccc2c1C3(c1ccc(OCC2CO2)cc1)c1ccc(OCC2CO2)cc1. The van der Waals surface area contributed by atoms with Crippen LogP contribution in [0.15, 0.2) is 121 Å². The van der Waals surface area contributed by atoms with Gasteiger partial charge in [0.15, 0.2) is 0 Å². The van der Waals surface area contributed by atoms with E-state index in [1.807, 2.05) is 0 Å². The average molecular weight is 563 g/mol. The fraction of sp³-hybridized carbons (Fsp3) is 0.179. The van der Waals surface area contributed by atoms with E-state index in [1.165, 1.54) is 54.9 Å². The van der Waals surface area contributed by atoms with Crippen LogP contribution in [0.4, 0.5) is 0 Å². The summed E-state index contributed by atoms with van der Waals surface area (Å²) in [6.45, 7) is 2.72. The Balaban J connectivity index is 1.33. The highest BCUT2D eigenvalue weighted by atomic mass is 16.6. The topological polar surface area (TPSA) is 43.5 Å². The number of rotatable bonds is 8. The fourth-order valence-corrected chi connectivity index (χ4v) is 6.98. The van der Waals surface area contributed by atoms with Gasteiger partial charge in [0.1, 0.15) is 36.9 Å². The molecule has 0 spiro atoms. The highest BCUT2D eigenvalue weighted by molar-refractivity contribution is 6.06. The lowest BCUT2D eigenvalue weighted by Crippen LogP contribution is -2.29. The molecular weight excluding hydrogens is 532 g/mol. The molecule has 43 heavy (non-hydrogen) atoms. The second kappa shape index (κ2) is 9.70. The van der Waals surface area contributed by atoms with E-state index in [4.69, 9.17) is 18.9 Å². The van der Waals surface area contributed by atoms with Gasteiger partial charge in [-0.05, 0) is 79.2 Å². The molecule has 0 saturated carbocycles. The molecule has 2 heterocycles. The van der Waals surface area contributed by atoms with Gasteiger partial charge in [0, 0.05) is 0 Å². The maximum atomic E-state index is 6.08. The summed E-state index contributed by atoms with van der Waals surface area (Å²) in [5, 5.41) is 4.99. The lowest BCUT2D eigenvalue weighted by molar-refractivity contribution is 0.263. The lowest BCUT2D eigenvalue weighted by atomic mass is 9.66. The van der Waals surface area contributed by atoms with E-state index in [0.717, 1.165) is 24.7 Å². The minimum atomic E-state index is -0.567. The standard InChI is InChI=1S/C39H30O4/c1-3-7-33-25(5-1)9-19-35-36-20-10-26-6-2-4-8-34(26)38(36)39(37(33)35,27-11-15-29(16-12-27)40-21-31-23-42-31)28-13-17-30(18-14-28)41-22-32-24-43-32/h1-20,31-32H,21-24H2. The van der Waals surface area contributed by atoms with Gasteiger partial charge in [-0.3, -0.25) is 0 Å². The number of hydrogen-bond acceptors (Lipinski definition) is 4. The first-order valence-electron chi connectivity index (χ1n) is 15.0. The Kier molecular flexibility index (Phi) is 5.62. The zero-order chi connectivity index (χ0) is 28.4. The van der Waals surface area contributed by atoms with Crippen molar-refractivity contribution in [2.24, 2.45) is 0 Å². The van der Waals surface area contributed by atoms with Gasteiger partial charge in [-0.1, -0.05) is 97.1 Å². The molecule has 2 unspecified atom stereocenters. The van der Waals surface area contributed by atoms with Gasteiger partial charge in [-0.2, -0.15) is 0 Å². The Morgan fingerprint density at radius 3 is 1.35 bits per heavy atom. The van der Waals surface area contributed by atoms with E-state index in [0.29, 0.717) is 13.2 Å². The summed E-state index contributed by atoms with van der Waals surface area (Å²) < 4.78 is 22.9. The lowest BCUT2D eigenvalue weighted by Gasteiger charge is -2.35. The Bertz CT molecular complexity index is 1840. The molecule has 2 aliphatic heterocycles. The van der Waals surface area contributed by atoms with Crippen molar-refractivity contribution < 1.29 is 18.9 Å². The Labute approximate surface area is 250 Å². The predicted molar refractivity (Wildman–Crippen MR) is 169 cm³/mol. The maximum Gasteiger partial charge on any atom is 0.119 e. The van der Waals surface area contributed by atoms with Crippen LogP contribution >= 0.6 is 0 Å². The molecule has 6 aromatic carbocycles. The molecule has 0 amide bonds. The third kappa shape index (κ3) is 4.05. The third-order valence-corrected chi connectivity index (χ3v) is 9.15. The van der Waals surface area contributed by atoms with Crippen LogP contribution in [0.25, 0.3) is 32.7 Å². The molecule has 4 nitrogen and oxygen atoms in total. The molecular formula is C39H30O4. The molecule has 1 aliphatic carbocycles. The summed E-state index contributed by atoms with van der Waals surface area (Å²) in [4.78, 5) is 0. The van der Waals surface area contributed by atoms with Crippen molar-refractivity contribution in [3.05, 3.63) is 144 Å². The number of epoxide rings is 2. The Hall–Kier alpha value is -4.64. The molecule has 3 aliphatic rings. The number of fused-ring (bicyclic) bond motifs is 7. The molecule has 2 atom stereocenters. The first-order valence-corrected chi connectivity index (χ1v) is 15.0. The van der Waals surface area contributed by atoms with Crippen LogP contribution in [0.1, 0.15) is 22.3 Å². The van der Waals surface area contributed by atoms with Crippen LogP contribution < -0.4 is 9.47 Å². The van der Waals surface area contributed by atoms with Crippen molar-refractivity contribution in [2.75, 3.05) is 26.4 Å². The van der Waals surface area contributed by atoms with Gasteiger partial charge < -0.3 is 18.9 Å². The zero-order valence-corrected chi connectivity index (χ0v) is 23.7. The van der Waals surface area contributed by atoms with Gasteiger partial charge in [0.2, 0.25) is 0 Å². The molecule has 9 rings (SSSR count). The second-order valence-corrected chi connectivity index (χ2v) is 11.7. The molecule has 4 heteroatoms. The van der Waals surface area contributed by atoms with E-state index < -0.39 is 5.41 Å². The number of benzene rings is 6. The average Bonchev–Trinajstić information content (AvgIpc) is 4.01. The summed E-state index contributed by atoms with van der Waals surface area (Å²) in [5.41, 5.74) is 7.02. The molecule has 2 saturated heterocycles. The van der Waals surface area contributed by atoms with Crippen LogP contribution in [-0.2, 0) is 14.9 Å². The Morgan fingerprint density at radius 2 is 0.930 bits per heavy atom. The maximum absolute atomic E-state index is 6.08. The van der Waals surface area contributed by atoms with E-state index in [2.05, 4.69) is 121 Å². The largest absolute Gasteiger partial charge is 0.491 e. The fourth-order valence-electron chi connectivity index (χ4n) is 6.98. The Morgan fingerprint density at radius 1 is 0.512 bits per heavy atom. The molecule has 0 radical (unpaired) electrons. The molecule has 210 valence electrons. The predicted octanol–water partition coefficient (Wildman–Crippen LogP) is 7.91. The quantitative estimate of drug-likeness (QED) is 0.177. The van der Waals surface area contributed by atoms with Crippen LogP contribution in [0.5, 0.6) is 11.5 Å². The van der Waals surface area contributed by atoms with Crippen LogP contribution in [0.2, 0.25) is 0 Å². The van der Waals surface area contributed by atoms with Crippen LogP contribution in [0.3, 0.4) is 0 Å². The van der Waals surface area contributed by atoms with Gasteiger partial charge in [0.25, 0.3) is 0 Å². The second-order valence-electron chi connectivity index (χ2n) is 11.7. The first-order chi connectivity index (χ1) is 21.3. The first kappa shape index (κ1) is 24.9. The van der Waals surface area contributed by atoms with Crippen molar-refractivity contribution >= 4 is 21.5 Å². The van der Waals surface area contributed by atoms with Crippen LogP contribution in [0, 0.1) is 0 Å². The molecule has 0 bridgehead atoms. The van der Waals surface area contributed by atoms with Gasteiger partial charge in [0.05, 0.1) is 18.6 Å². The van der Waals surface area contributed by atoms with Gasteiger partial charge in [-0.15, -0.1) is 0 Å². The minimum absolute atomic E-state index is 0.213. The van der Waals surface area contributed by atoms with Crippen molar-refractivity contribution in [3.8, 4) is 22.6 Å². The minimum Gasteiger partial charge on any atom is -0.491 e. The summed E-state index contributed by atoms with van der Waals surface area (Å²) >= 11 is 0. The van der Waals surface area contributed by atoms with Crippen molar-refractivity contribution in [2.45, 2.75) is 17.6 Å². The summed E-state index contributed by atoms with van der Waals surface area (Å²) in [5.74, 6) is 1.71. The summed E-state index contributed by atoms with van der Waals surface area (Å²) in [6.07, 6.45) is 0.425. The highest BCUT2D eigenvalue weighted by Gasteiger charge is 2.48. The van der Waals surface area contributed by atoms with Crippen molar-refractivity contribution in [1.82, 2.24) is 0 Å².